The number of aliphatic hydroxyl groups excluding tert-OH is 1. The lowest BCUT2D eigenvalue weighted by molar-refractivity contribution is 0.0528. The molecule has 13 heteroatoms. The number of nitrogens with zero attached hydrogens (tertiary/aromatic N) is 4. The Hall–Kier alpha value is -3.16. The Morgan fingerprint density at radius 3 is 2.60 bits per heavy atom. The van der Waals surface area contributed by atoms with Crippen LogP contribution in [0.15, 0.2) is 24.4 Å². The minimum atomic E-state index is -3.84. The van der Waals surface area contributed by atoms with Gasteiger partial charge in [0, 0.05) is 38.4 Å². The summed E-state index contributed by atoms with van der Waals surface area (Å²) in [5.41, 5.74) is 1.35. The summed E-state index contributed by atoms with van der Waals surface area (Å²) in [7, 11) is -2.26. The van der Waals surface area contributed by atoms with Crippen LogP contribution in [0.2, 0.25) is 0 Å². The predicted octanol–water partition coefficient (Wildman–Crippen LogP) is 2.47. The molecule has 12 nitrogen and oxygen atoms in total. The van der Waals surface area contributed by atoms with Gasteiger partial charge < -0.3 is 29.7 Å². The molecule has 3 N–H and O–H groups in total. The molecule has 2 aromatic heterocycles. The first kappa shape index (κ1) is 28.4. The number of sulfonamides is 1. The number of anilines is 4. The first-order valence-corrected chi connectivity index (χ1v) is 15.3. The Morgan fingerprint density at radius 2 is 1.95 bits per heavy atom. The zero-order valence-electron chi connectivity index (χ0n) is 23.2. The highest BCUT2D eigenvalue weighted by Crippen LogP contribution is 2.54. The Morgan fingerprint density at radius 1 is 1.20 bits per heavy atom. The molecule has 1 aliphatic carbocycles. The molecule has 2 atom stereocenters. The van der Waals surface area contributed by atoms with Gasteiger partial charge in [0.05, 0.1) is 37.7 Å². The maximum atomic E-state index is 13.6. The SMILES string of the molecule is COc1ccc(NC(=O)c2cnc(NS(=O)(=O)[C@H](C)CO)cc2N2CCC3(CC2)CC3)nc1N1CCO[C@H](C)C1. The second kappa shape index (κ2) is 11.4. The molecule has 5 rings (SSSR count). The second-order valence-corrected chi connectivity index (χ2v) is 13.1. The van der Waals surface area contributed by atoms with Crippen molar-refractivity contribution in [2.45, 2.75) is 50.9 Å². The molecular formula is C27H38N6O6S. The number of hydrogen-bond acceptors (Lipinski definition) is 10. The summed E-state index contributed by atoms with van der Waals surface area (Å²) < 4.78 is 38.8. The maximum Gasteiger partial charge on any atom is 0.260 e. The number of rotatable bonds is 9. The minimum Gasteiger partial charge on any atom is -0.493 e. The monoisotopic (exact) mass is 574 g/mol. The third kappa shape index (κ3) is 6.11. The summed E-state index contributed by atoms with van der Waals surface area (Å²) in [5, 5.41) is 11.2. The molecule has 4 heterocycles. The van der Waals surface area contributed by atoms with Gasteiger partial charge in [-0.25, -0.2) is 18.4 Å². The summed E-state index contributed by atoms with van der Waals surface area (Å²) in [4.78, 5) is 26.7. The number of morpholine rings is 1. The van der Waals surface area contributed by atoms with Crippen LogP contribution < -0.4 is 24.6 Å². The molecule has 0 unspecified atom stereocenters. The van der Waals surface area contributed by atoms with Crippen molar-refractivity contribution in [1.29, 1.82) is 0 Å². The highest BCUT2D eigenvalue weighted by molar-refractivity contribution is 7.93. The van der Waals surface area contributed by atoms with E-state index in [9.17, 15) is 18.3 Å². The summed E-state index contributed by atoms with van der Waals surface area (Å²) in [5.74, 6) is 1.30. The smallest absolute Gasteiger partial charge is 0.260 e. The topological polar surface area (TPSA) is 146 Å². The van der Waals surface area contributed by atoms with E-state index in [4.69, 9.17) is 14.5 Å². The third-order valence-electron chi connectivity index (χ3n) is 8.12. The molecule has 3 aliphatic rings. The van der Waals surface area contributed by atoms with Crippen LogP contribution in [0.5, 0.6) is 5.75 Å². The molecule has 1 amide bonds. The average molecular weight is 575 g/mol. The van der Waals surface area contributed by atoms with Gasteiger partial charge >= 0.3 is 0 Å². The van der Waals surface area contributed by atoms with Crippen molar-refractivity contribution in [2.75, 3.05) is 66.3 Å². The number of methoxy groups -OCH3 is 1. The van der Waals surface area contributed by atoms with E-state index < -0.39 is 27.8 Å². The number of aliphatic hydroxyl groups is 1. The number of hydrogen-bond donors (Lipinski definition) is 3. The fraction of sp³-hybridized carbons (Fsp3) is 0.593. The van der Waals surface area contributed by atoms with Crippen LogP contribution in [0.3, 0.4) is 0 Å². The molecule has 0 radical (unpaired) electrons. The van der Waals surface area contributed by atoms with Crippen LogP contribution in [-0.4, -0.2) is 87.3 Å². The molecule has 2 aliphatic heterocycles. The Bertz CT molecular complexity index is 1340. The molecule has 1 spiro atoms. The number of ether oxygens (including phenoxy) is 2. The van der Waals surface area contributed by atoms with Gasteiger partial charge in [-0.3, -0.25) is 9.52 Å². The van der Waals surface area contributed by atoms with Crippen molar-refractivity contribution in [1.82, 2.24) is 9.97 Å². The van der Waals surface area contributed by atoms with E-state index >= 15 is 0 Å². The summed E-state index contributed by atoms with van der Waals surface area (Å²) in [6, 6.07) is 5.06. The number of aromatic nitrogens is 2. The number of nitrogens with one attached hydrogen (secondary N) is 2. The standard InChI is InChI=1S/C27H38N6O6S/c1-18-16-33(12-13-39-18)25-22(38-3)4-5-23(29-25)30-26(35)20-15-28-24(31-40(36,37)19(2)17-34)14-21(20)32-10-8-27(6-7-27)9-11-32/h4-5,14-15,18-19,34H,6-13,16-17H2,1-3H3,(H,28,31)(H,29,30,35)/t18-,19-/m1/s1. The fourth-order valence-corrected chi connectivity index (χ4v) is 6.07. The molecule has 3 fully saturated rings. The van der Waals surface area contributed by atoms with E-state index in [1.165, 1.54) is 26.0 Å². The van der Waals surface area contributed by atoms with E-state index in [1.807, 2.05) is 6.92 Å². The molecule has 40 heavy (non-hydrogen) atoms. The molecular weight excluding hydrogens is 536 g/mol. The minimum absolute atomic E-state index is 0.0442. The lowest BCUT2D eigenvalue weighted by Gasteiger charge is -2.35. The molecule has 0 bridgehead atoms. The van der Waals surface area contributed by atoms with Gasteiger partial charge in [0.15, 0.2) is 11.6 Å². The van der Waals surface area contributed by atoms with Crippen molar-refractivity contribution in [3.05, 3.63) is 30.0 Å². The summed E-state index contributed by atoms with van der Waals surface area (Å²) in [6.45, 7) is 6.31. The zero-order valence-corrected chi connectivity index (χ0v) is 24.0. The van der Waals surface area contributed by atoms with Crippen LogP contribution >= 0.6 is 0 Å². The highest BCUT2D eigenvalue weighted by Gasteiger charge is 2.44. The second-order valence-electron chi connectivity index (χ2n) is 11.0. The number of carbonyl (C=O) groups is 1. The maximum absolute atomic E-state index is 13.6. The average Bonchev–Trinajstić information content (AvgIpc) is 3.71. The predicted molar refractivity (Wildman–Crippen MR) is 153 cm³/mol. The van der Waals surface area contributed by atoms with Crippen molar-refractivity contribution < 1.29 is 27.8 Å². The number of carbonyl (C=O) groups excluding carboxylic acids is 1. The normalized spacial score (nSPS) is 21.1. The van der Waals surface area contributed by atoms with Crippen molar-refractivity contribution in [2.24, 2.45) is 5.41 Å². The van der Waals surface area contributed by atoms with E-state index in [2.05, 4.69) is 24.8 Å². The first-order chi connectivity index (χ1) is 19.1. The number of amides is 1. The summed E-state index contributed by atoms with van der Waals surface area (Å²) in [6.07, 6.45) is 5.97. The number of piperidine rings is 1. The molecule has 0 aromatic carbocycles. The van der Waals surface area contributed by atoms with E-state index in [0.29, 0.717) is 53.7 Å². The van der Waals surface area contributed by atoms with Crippen LogP contribution in [0, 0.1) is 5.41 Å². The van der Waals surface area contributed by atoms with Crippen molar-refractivity contribution >= 4 is 39.1 Å². The number of pyridine rings is 2. The van der Waals surface area contributed by atoms with Gasteiger partial charge in [-0.2, -0.15) is 0 Å². The lowest BCUT2D eigenvalue weighted by atomic mass is 9.93. The summed E-state index contributed by atoms with van der Waals surface area (Å²) >= 11 is 0. The van der Waals surface area contributed by atoms with Crippen LogP contribution in [0.25, 0.3) is 0 Å². The third-order valence-corrected chi connectivity index (χ3v) is 9.83. The van der Waals surface area contributed by atoms with Crippen molar-refractivity contribution in [3.8, 4) is 5.75 Å². The molecule has 218 valence electrons. The van der Waals surface area contributed by atoms with Crippen LogP contribution in [0.4, 0.5) is 23.1 Å². The molecule has 2 aromatic rings. The fourth-order valence-electron chi connectivity index (χ4n) is 5.27. The Labute approximate surface area is 235 Å². The van der Waals surface area contributed by atoms with Gasteiger partial charge in [0.1, 0.15) is 16.9 Å². The molecule has 1 saturated carbocycles. The highest BCUT2D eigenvalue weighted by atomic mass is 32.2. The zero-order chi connectivity index (χ0) is 28.5. The van der Waals surface area contributed by atoms with Gasteiger partial charge in [-0.15, -0.1) is 0 Å². The van der Waals surface area contributed by atoms with E-state index in [1.54, 1.807) is 25.3 Å². The van der Waals surface area contributed by atoms with Crippen LogP contribution in [0.1, 0.15) is 49.9 Å². The van der Waals surface area contributed by atoms with Gasteiger partial charge in [0.2, 0.25) is 10.0 Å². The Balaban J connectivity index is 1.42. The van der Waals surface area contributed by atoms with E-state index in [-0.39, 0.29) is 11.9 Å². The van der Waals surface area contributed by atoms with Gasteiger partial charge in [0.25, 0.3) is 5.91 Å². The first-order valence-electron chi connectivity index (χ1n) is 13.7. The van der Waals surface area contributed by atoms with Crippen molar-refractivity contribution in [3.63, 3.8) is 0 Å². The van der Waals surface area contributed by atoms with Crippen LogP contribution in [-0.2, 0) is 14.8 Å². The lowest BCUT2D eigenvalue weighted by Crippen LogP contribution is -2.41. The quantitative estimate of drug-likeness (QED) is 0.408. The van der Waals surface area contributed by atoms with Gasteiger partial charge in [-0.1, -0.05) is 0 Å². The van der Waals surface area contributed by atoms with E-state index in [0.717, 1.165) is 25.9 Å². The largest absolute Gasteiger partial charge is 0.493 e. The molecule has 2 saturated heterocycles. The van der Waals surface area contributed by atoms with Gasteiger partial charge in [-0.05, 0) is 57.1 Å². The Kier molecular flexibility index (Phi) is 8.07.